The molecule has 0 saturated carbocycles. The van der Waals surface area contributed by atoms with Crippen LogP contribution in [0.5, 0.6) is 5.75 Å². The van der Waals surface area contributed by atoms with E-state index in [2.05, 4.69) is 10.9 Å². The van der Waals surface area contributed by atoms with Gasteiger partial charge in [-0.25, -0.2) is 8.78 Å². The first-order valence-corrected chi connectivity index (χ1v) is 8.07. The van der Waals surface area contributed by atoms with Gasteiger partial charge in [0, 0.05) is 0 Å². The van der Waals surface area contributed by atoms with Crippen molar-refractivity contribution in [2.45, 2.75) is 6.54 Å². The van der Waals surface area contributed by atoms with E-state index in [1.54, 1.807) is 16.7 Å². The molecule has 0 atom stereocenters. The minimum atomic E-state index is -0.596. The number of benzene rings is 2. The Kier molecular flexibility index (Phi) is 4.91. The van der Waals surface area contributed by atoms with E-state index in [0.29, 0.717) is 15.0 Å². The van der Waals surface area contributed by atoms with E-state index in [9.17, 15) is 13.6 Å². The third-order valence-corrected chi connectivity index (χ3v) is 4.34. The Morgan fingerprint density at radius 1 is 1.28 bits per heavy atom. The Bertz CT molecular complexity index is 1050. The van der Waals surface area contributed by atoms with Crippen molar-refractivity contribution in [3.8, 4) is 18.1 Å². The van der Waals surface area contributed by atoms with Crippen molar-refractivity contribution in [2.24, 2.45) is 4.99 Å². The van der Waals surface area contributed by atoms with Crippen molar-refractivity contribution in [2.75, 3.05) is 6.61 Å². The molecule has 0 N–H and O–H groups in total. The van der Waals surface area contributed by atoms with Crippen LogP contribution in [0.15, 0.2) is 47.5 Å². The molecule has 126 valence electrons. The predicted octanol–water partition coefficient (Wildman–Crippen LogP) is 3.12. The van der Waals surface area contributed by atoms with Gasteiger partial charge in [0.25, 0.3) is 5.91 Å². The van der Waals surface area contributed by atoms with Gasteiger partial charge in [-0.3, -0.25) is 4.79 Å². The number of ether oxygens (including phenoxy) is 1. The fourth-order valence-corrected chi connectivity index (χ4v) is 3.29. The molecule has 0 fully saturated rings. The molecule has 0 saturated heterocycles. The summed E-state index contributed by atoms with van der Waals surface area (Å²) in [5.41, 5.74) is 0.686. The quantitative estimate of drug-likeness (QED) is 0.673. The van der Waals surface area contributed by atoms with E-state index in [4.69, 9.17) is 11.2 Å². The molecule has 2 aromatic carbocycles. The molecule has 0 aliphatic rings. The zero-order valence-corrected chi connectivity index (χ0v) is 13.7. The van der Waals surface area contributed by atoms with Crippen LogP contribution in [0.4, 0.5) is 8.78 Å². The molecule has 3 aromatic rings. The van der Waals surface area contributed by atoms with E-state index in [1.807, 2.05) is 0 Å². The van der Waals surface area contributed by atoms with Crippen LogP contribution in [0.1, 0.15) is 0 Å². The Morgan fingerprint density at radius 3 is 2.84 bits per heavy atom. The number of hydrogen-bond acceptors (Lipinski definition) is 3. The van der Waals surface area contributed by atoms with Gasteiger partial charge in [0.1, 0.15) is 5.82 Å². The second-order valence-electron chi connectivity index (χ2n) is 5.01. The number of para-hydroxylation sites is 1. The van der Waals surface area contributed by atoms with E-state index < -0.39 is 18.3 Å². The number of carbonyl (C=O) groups is 1. The number of hydrogen-bond donors (Lipinski definition) is 0. The second kappa shape index (κ2) is 7.28. The van der Waals surface area contributed by atoms with Crippen molar-refractivity contribution in [1.29, 1.82) is 0 Å². The maximum Gasteiger partial charge on any atom is 0.286 e. The summed E-state index contributed by atoms with van der Waals surface area (Å²) in [5, 5.41) is 0. The van der Waals surface area contributed by atoms with Crippen LogP contribution in [-0.4, -0.2) is 17.1 Å². The predicted molar refractivity (Wildman–Crippen MR) is 91.1 cm³/mol. The van der Waals surface area contributed by atoms with Crippen LogP contribution < -0.4 is 9.54 Å². The number of terminal acetylenes is 1. The Labute approximate surface area is 146 Å². The number of halogens is 2. The molecule has 0 unspecified atom stereocenters. The fraction of sp³-hybridized carbons (Fsp3) is 0.111. The van der Waals surface area contributed by atoms with E-state index in [0.717, 1.165) is 11.3 Å². The van der Waals surface area contributed by atoms with Crippen molar-refractivity contribution < 1.29 is 18.3 Å². The summed E-state index contributed by atoms with van der Waals surface area (Å²) in [4.78, 5) is 16.4. The second-order valence-corrected chi connectivity index (χ2v) is 6.02. The van der Waals surface area contributed by atoms with Gasteiger partial charge in [-0.15, -0.1) is 6.42 Å². The zero-order chi connectivity index (χ0) is 17.8. The number of thiazole rings is 1. The Hall–Kier alpha value is -2.98. The van der Waals surface area contributed by atoms with Gasteiger partial charge in [0.15, 0.2) is 23.0 Å². The molecular weight excluding hydrogens is 346 g/mol. The molecule has 7 heteroatoms. The van der Waals surface area contributed by atoms with Gasteiger partial charge < -0.3 is 9.30 Å². The maximum absolute atomic E-state index is 13.5. The lowest BCUT2D eigenvalue weighted by Crippen LogP contribution is -2.19. The normalized spacial score (nSPS) is 11.5. The monoisotopic (exact) mass is 358 g/mol. The van der Waals surface area contributed by atoms with Gasteiger partial charge >= 0.3 is 0 Å². The van der Waals surface area contributed by atoms with Crippen LogP contribution in [0.2, 0.25) is 0 Å². The molecule has 3 rings (SSSR count). The average molecular weight is 358 g/mol. The molecular formula is C18H12F2N2O2S. The summed E-state index contributed by atoms with van der Waals surface area (Å²) >= 11 is 1.14. The van der Waals surface area contributed by atoms with E-state index in [1.165, 1.54) is 30.3 Å². The molecule has 0 aliphatic carbocycles. The Balaban J connectivity index is 1.89. The number of amides is 1. The van der Waals surface area contributed by atoms with Gasteiger partial charge in [0.2, 0.25) is 0 Å². The summed E-state index contributed by atoms with van der Waals surface area (Å²) in [7, 11) is 0. The SMILES string of the molecule is C#CCn1c(=NC(=O)COc2ccccc2F)sc2cc(F)ccc21. The third kappa shape index (κ3) is 3.75. The number of fused-ring (bicyclic) bond motifs is 1. The summed E-state index contributed by atoms with van der Waals surface area (Å²) < 4.78 is 34.3. The molecule has 1 heterocycles. The molecule has 0 aliphatic heterocycles. The van der Waals surface area contributed by atoms with Crippen LogP contribution in [-0.2, 0) is 11.3 Å². The minimum Gasteiger partial charge on any atom is -0.481 e. The van der Waals surface area contributed by atoms with E-state index >= 15 is 0 Å². The lowest BCUT2D eigenvalue weighted by atomic mass is 10.3. The number of carbonyl (C=O) groups excluding carboxylic acids is 1. The standard InChI is InChI=1S/C18H12F2N2O2S/c1-2-9-22-14-8-7-12(19)10-16(14)25-18(22)21-17(23)11-24-15-6-4-3-5-13(15)20/h1,3-8,10H,9,11H2. The number of rotatable bonds is 4. The van der Waals surface area contributed by atoms with Gasteiger partial charge in [-0.2, -0.15) is 4.99 Å². The van der Waals surface area contributed by atoms with Crippen molar-refractivity contribution >= 4 is 27.5 Å². The fourth-order valence-electron chi connectivity index (χ4n) is 2.22. The summed E-state index contributed by atoms with van der Waals surface area (Å²) in [6.45, 7) is -0.231. The maximum atomic E-state index is 13.5. The van der Waals surface area contributed by atoms with E-state index in [-0.39, 0.29) is 18.1 Å². The van der Waals surface area contributed by atoms with Crippen LogP contribution in [0.25, 0.3) is 10.2 Å². The molecule has 1 aromatic heterocycles. The third-order valence-electron chi connectivity index (χ3n) is 3.30. The Morgan fingerprint density at radius 2 is 2.08 bits per heavy atom. The minimum absolute atomic E-state index is 0.0269. The summed E-state index contributed by atoms with van der Waals surface area (Å²) in [6.07, 6.45) is 5.36. The molecule has 0 spiro atoms. The molecule has 25 heavy (non-hydrogen) atoms. The highest BCUT2D eigenvalue weighted by molar-refractivity contribution is 7.16. The summed E-state index contributed by atoms with van der Waals surface area (Å²) in [5.74, 6) is 0.910. The van der Waals surface area contributed by atoms with Gasteiger partial charge in [0.05, 0.1) is 16.8 Å². The zero-order valence-electron chi connectivity index (χ0n) is 12.9. The number of aromatic nitrogens is 1. The highest BCUT2D eigenvalue weighted by Crippen LogP contribution is 2.19. The molecule has 0 radical (unpaired) electrons. The number of nitrogens with zero attached hydrogens (tertiary/aromatic N) is 2. The smallest absolute Gasteiger partial charge is 0.286 e. The molecule has 1 amide bonds. The topological polar surface area (TPSA) is 43.6 Å². The van der Waals surface area contributed by atoms with Crippen molar-refractivity contribution in [3.63, 3.8) is 0 Å². The summed E-state index contributed by atoms with van der Waals surface area (Å²) in [6, 6.07) is 10.0. The highest BCUT2D eigenvalue weighted by atomic mass is 32.1. The first-order chi connectivity index (χ1) is 12.1. The lowest BCUT2D eigenvalue weighted by molar-refractivity contribution is -0.120. The van der Waals surface area contributed by atoms with Crippen molar-refractivity contribution in [3.05, 3.63) is 58.9 Å². The highest BCUT2D eigenvalue weighted by Gasteiger charge is 2.09. The van der Waals surface area contributed by atoms with Gasteiger partial charge in [-0.1, -0.05) is 29.4 Å². The van der Waals surface area contributed by atoms with Crippen molar-refractivity contribution in [1.82, 2.24) is 4.57 Å². The largest absolute Gasteiger partial charge is 0.481 e. The van der Waals surface area contributed by atoms with Gasteiger partial charge in [-0.05, 0) is 30.3 Å². The average Bonchev–Trinajstić information content (AvgIpc) is 2.91. The molecule has 0 bridgehead atoms. The lowest BCUT2D eigenvalue weighted by Gasteiger charge is -2.04. The van der Waals surface area contributed by atoms with Crippen LogP contribution >= 0.6 is 11.3 Å². The van der Waals surface area contributed by atoms with Crippen LogP contribution in [0.3, 0.4) is 0 Å². The molecule has 4 nitrogen and oxygen atoms in total. The first-order valence-electron chi connectivity index (χ1n) is 7.25. The first kappa shape index (κ1) is 16.9. The van der Waals surface area contributed by atoms with Crippen LogP contribution in [0, 0.1) is 24.0 Å².